The van der Waals surface area contributed by atoms with Crippen molar-refractivity contribution in [2.45, 2.75) is 71.1 Å². The Balaban J connectivity index is -0.0000000180. The summed E-state index contributed by atoms with van der Waals surface area (Å²) in [6.07, 6.45) is 11.9. The van der Waals surface area contributed by atoms with Gasteiger partial charge in [0, 0.05) is 0 Å². The molecule has 0 aromatic heterocycles. The summed E-state index contributed by atoms with van der Waals surface area (Å²) in [6, 6.07) is 0. The Labute approximate surface area is 282 Å². The van der Waals surface area contributed by atoms with Crippen LogP contribution in [0.2, 0.25) is 0 Å². The van der Waals surface area contributed by atoms with Gasteiger partial charge in [-0.3, -0.25) is 4.55 Å². The number of unbranched alkanes of at least 4 members (excludes halogenated alkanes) is 9. The van der Waals surface area contributed by atoms with Crippen molar-refractivity contribution in [2.24, 2.45) is 0 Å². The van der Waals surface area contributed by atoms with Crippen molar-refractivity contribution in [1.82, 2.24) is 0 Å². The maximum atomic E-state index is 10.2. The summed E-state index contributed by atoms with van der Waals surface area (Å²) in [5.74, 6) is 0. The Morgan fingerprint density at radius 2 is 1.04 bits per heavy atom. The second-order valence-corrected chi connectivity index (χ2v) is 7.06. The van der Waals surface area contributed by atoms with Gasteiger partial charge in [-0.15, -0.1) is 0 Å². The zero-order valence-corrected chi connectivity index (χ0v) is 27.6. The molecule has 28 heavy (non-hydrogen) atoms. The van der Waals surface area contributed by atoms with Crippen LogP contribution in [-0.4, -0.2) is 121 Å². The van der Waals surface area contributed by atoms with Crippen molar-refractivity contribution in [3.8, 4) is 0 Å². The molecule has 16 heteroatoms. The van der Waals surface area contributed by atoms with Crippen molar-refractivity contribution in [3.05, 3.63) is 0 Å². The van der Waals surface area contributed by atoms with E-state index in [1.54, 1.807) is 0 Å². The minimum absolute atomic E-state index is 0. The molecule has 0 aliphatic carbocycles. The second kappa shape index (κ2) is 36.0. The Morgan fingerprint density at radius 1 is 0.786 bits per heavy atom. The quantitative estimate of drug-likeness (QED) is 0.0827. The Bertz CT molecular complexity index is 416. The van der Waals surface area contributed by atoms with Gasteiger partial charge in [-0.25, -0.2) is 8.75 Å². The third kappa shape index (κ3) is 77.6. The van der Waals surface area contributed by atoms with Crippen LogP contribution in [0, 0.1) is 0 Å². The van der Waals surface area contributed by atoms with Crippen LogP contribution in [0.25, 0.3) is 0 Å². The van der Waals surface area contributed by atoms with E-state index in [1.807, 2.05) is 0 Å². The van der Waals surface area contributed by atoms with Crippen molar-refractivity contribution >= 4 is 93.7 Å². The number of hydrogen-bond donors (Lipinski definition) is 4. The van der Waals surface area contributed by atoms with E-state index in [-0.39, 0.29) is 161 Å². The molecule has 0 bridgehead atoms. The Morgan fingerprint density at radius 3 is 1.29 bits per heavy atom. The summed E-state index contributed by atoms with van der Waals surface area (Å²) in [6.45, 7) is 2.31. The maximum absolute atomic E-state index is 10.2. The van der Waals surface area contributed by atoms with Gasteiger partial charge in [0.2, 0.25) is 0 Å². The maximum Gasteiger partial charge on any atom is 2.00 e. The van der Waals surface area contributed by atoms with E-state index in [0.29, 0.717) is 6.42 Å². The molecule has 0 atom stereocenters. The van der Waals surface area contributed by atoms with Crippen LogP contribution in [0.3, 0.4) is 0 Å². The third-order valence-electron chi connectivity index (χ3n) is 2.73. The minimum atomic E-state index is -4.64. The predicted octanol–water partition coefficient (Wildman–Crippen LogP) is -4.93. The molecule has 8 N–H and O–H groups in total. The first-order chi connectivity index (χ1) is 10.1. The first kappa shape index (κ1) is 53.7. The molecule has 0 aliphatic heterocycles. The van der Waals surface area contributed by atoms with Crippen LogP contribution in [0.4, 0.5) is 0 Å². The molecule has 0 heterocycles. The monoisotopic (exact) mass is 532 g/mol. The van der Waals surface area contributed by atoms with Gasteiger partial charge in [0.1, 0.15) is 0 Å². The van der Waals surface area contributed by atoms with Gasteiger partial charge in [-0.2, -0.15) is 8.42 Å². The fraction of sp³-hybridized carbons (Fsp3) is 1.00. The Hall–Kier alpha value is 4.42. The van der Waals surface area contributed by atoms with Gasteiger partial charge < -0.3 is 34.2 Å². The molecule has 10 nitrogen and oxygen atoms in total. The zero-order valence-electron chi connectivity index (χ0n) is 23.5. The van der Waals surface area contributed by atoms with Crippen molar-refractivity contribution < 1.29 is 115 Å². The molecule has 0 spiro atoms. The molecular formula is C12H39Ca2Na2O10PS. The fourth-order valence-electron chi connectivity index (χ4n) is 1.75. The predicted molar refractivity (Wildman–Crippen MR) is 109 cm³/mol. The van der Waals surface area contributed by atoms with Gasteiger partial charge in [0.25, 0.3) is 0 Å². The van der Waals surface area contributed by atoms with E-state index in [4.69, 9.17) is 23.8 Å². The van der Waals surface area contributed by atoms with Crippen molar-refractivity contribution in [3.63, 3.8) is 0 Å². The van der Waals surface area contributed by atoms with E-state index in [1.165, 1.54) is 44.9 Å². The molecule has 0 aromatic carbocycles. The van der Waals surface area contributed by atoms with E-state index in [2.05, 4.69) is 11.1 Å². The van der Waals surface area contributed by atoms with Crippen LogP contribution >= 0.6 is 7.82 Å². The van der Waals surface area contributed by atoms with E-state index in [0.717, 1.165) is 12.8 Å². The van der Waals surface area contributed by atoms with Crippen molar-refractivity contribution in [1.29, 1.82) is 0 Å². The van der Waals surface area contributed by atoms with Crippen LogP contribution in [0.1, 0.15) is 79.7 Å². The minimum Gasteiger partial charge on any atom is -1.00 e. The second-order valence-electron chi connectivity index (χ2n) is 4.94. The average Bonchev–Trinajstić information content (AvgIpc) is 2.32. The van der Waals surface area contributed by atoms with Gasteiger partial charge in [-0.05, 0) is 6.42 Å². The third-order valence-corrected chi connectivity index (χ3v) is 3.19. The molecule has 0 unspecified atom stereocenters. The molecule has 0 fully saturated rings. The van der Waals surface area contributed by atoms with E-state index >= 15 is 0 Å². The van der Waals surface area contributed by atoms with Crippen molar-refractivity contribution in [2.75, 3.05) is 6.61 Å². The van der Waals surface area contributed by atoms with Gasteiger partial charge in [0.15, 0.2) is 0 Å². The Kier molecular flexibility index (Phi) is 69.0. The van der Waals surface area contributed by atoms with Crippen LogP contribution in [-0.2, 0) is 19.1 Å². The van der Waals surface area contributed by atoms with Gasteiger partial charge >= 0.3 is 153 Å². The average molecular weight is 533 g/mol. The van der Waals surface area contributed by atoms with E-state index < -0.39 is 18.2 Å². The van der Waals surface area contributed by atoms with Crippen LogP contribution in [0.15, 0.2) is 0 Å². The first-order valence-electron chi connectivity index (χ1n) is 7.46. The molecular weight excluding hydrogens is 493 g/mol. The fourth-order valence-corrected chi connectivity index (χ4v) is 2.08. The van der Waals surface area contributed by atoms with Gasteiger partial charge in [-0.1, -0.05) is 64.7 Å². The summed E-state index contributed by atoms with van der Waals surface area (Å²) in [5.41, 5.74) is 0. The number of rotatable bonds is 12. The van der Waals surface area contributed by atoms with Gasteiger partial charge in [0.05, 0.1) is 6.61 Å². The molecule has 0 aromatic rings. The largest absolute Gasteiger partial charge is 2.00 e. The SMILES string of the molecule is CCCCCCCCCCCCOS(=O)(=O)O.O.O.O=P(O)(O)O.[Ca+2].[Ca+2].[H-].[H-].[H-].[H-].[H-].[H-].[Na+].[Na+]. The molecule has 0 amide bonds. The number of hydrogen-bond acceptors (Lipinski definition) is 4. The van der Waals surface area contributed by atoms with E-state index in [9.17, 15) is 8.42 Å². The van der Waals surface area contributed by atoms with Crippen LogP contribution < -0.4 is 59.1 Å². The van der Waals surface area contributed by atoms with Crippen LogP contribution in [0.5, 0.6) is 0 Å². The molecule has 0 aliphatic rings. The zero-order chi connectivity index (χ0) is 17.5. The molecule has 0 radical (unpaired) electrons. The summed E-state index contributed by atoms with van der Waals surface area (Å²) < 4.78 is 41.9. The topological polar surface area (TPSA) is 204 Å². The molecule has 0 saturated heterocycles. The first-order valence-corrected chi connectivity index (χ1v) is 10.4. The smallest absolute Gasteiger partial charge is 1.00 e. The standard InChI is InChI=1S/C12H26O4S.2Ca.2Na.H3O4P.2H2O.6H/c1-2-3-4-5-6-7-8-9-10-11-12-16-17(13,14)15;;;;;1-5(2,3)4;;;;;;;;/h2-12H2,1H3,(H,13,14,15);;;;;(H3,1,2,3,4);2*1H2;;;;;;/q;2*+2;2*+1;;;;6*-1. The summed E-state index contributed by atoms with van der Waals surface area (Å²) in [4.78, 5) is 21.6. The summed E-state index contributed by atoms with van der Waals surface area (Å²) in [5, 5.41) is 0. The molecule has 164 valence electrons. The molecule has 0 saturated carbocycles. The normalized spacial score (nSPS) is 9.32. The summed E-state index contributed by atoms with van der Waals surface area (Å²) >= 11 is 0. The number of phosphoric acid groups is 1. The summed E-state index contributed by atoms with van der Waals surface area (Å²) in [7, 11) is -8.87. The molecule has 0 rings (SSSR count).